The van der Waals surface area contributed by atoms with Gasteiger partial charge in [0.05, 0.1) is 16.8 Å². The first kappa shape index (κ1) is 24.4. The number of rotatable bonds is 6. The van der Waals surface area contributed by atoms with Crippen molar-refractivity contribution in [3.8, 4) is 0 Å². The summed E-state index contributed by atoms with van der Waals surface area (Å²) in [7, 11) is -4.21. The Morgan fingerprint density at radius 3 is 2.82 bits per heavy atom. The zero-order valence-electron chi connectivity index (χ0n) is 18.3. The summed E-state index contributed by atoms with van der Waals surface area (Å²) >= 11 is 5.91. The highest BCUT2D eigenvalue weighted by Crippen LogP contribution is 2.24. The van der Waals surface area contributed by atoms with E-state index in [1.54, 1.807) is 18.3 Å². The zero-order valence-corrected chi connectivity index (χ0v) is 20.7. The summed E-state index contributed by atoms with van der Waals surface area (Å²) in [6, 6.07) is 14.0. The number of aromatic nitrogens is 2. The van der Waals surface area contributed by atoms with Crippen LogP contribution in [0, 0.1) is 4.78 Å². The number of nitrogens with one attached hydrogen (secondary N) is 5. The van der Waals surface area contributed by atoms with Gasteiger partial charge in [0.1, 0.15) is 0 Å². The van der Waals surface area contributed by atoms with Crippen LogP contribution < -0.4 is 20.7 Å². The highest BCUT2D eigenvalue weighted by Gasteiger charge is 2.14. The van der Waals surface area contributed by atoms with Crippen LogP contribution in [0.1, 0.15) is 12.8 Å². The van der Waals surface area contributed by atoms with Gasteiger partial charge in [0, 0.05) is 41.0 Å². The van der Waals surface area contributed by atoms with Crippen LogP contribution in [0.5, 0.6) is 0 Å². The standard InChI is InChI=1S/C22H26ClN7O2S2/c23-16-5-3-8-19(13-16)34(31,32)28-11-10-25-20-15-27-22-29-17-6-4-7-18(14-17)33(24)12-2-1-9-26-21(20)30-22/h3-8,13-15,24-25,28H,1-2,9-12H2,(H2,26,27,29,30). The van der Waals surface area contributed by atoms with E-state index in [4.69, 9.17) is 16.4 Å². The van der Waals surface area contributed by atoms with Gasteiger partial charge in [-0.2, -0.15) is 4.98 Å². The van der Waals surface area contributed by atoms with E-state index in [9.17, 15) is 8.42 Å². The van der Waals surface area contributed by atoms with Crippen molar-refractivity contribution in [1.29, 1.82) is 4.78 Å². The lowest BCUT2D eigenvalue weighted by molar-refractivity contribution is 0.583. The molecule has 0 amide bonds. The molecule has 34 heavy (non-hydrogen) atoms. The lowest BCUT2D eigenvalue weighted by atomic mass is 10.3. The molecule has 1 aliphatic heterocycles. The number of fused-ring (bicyclic) bond motifs is 4. The second-order valence-corrected chi connectivity index (χ2v) is 11.5. The van der Waals surface area contributed by atoms with E-state index in [0.717, 1.165) is 29.2 Å². The molecule has 0 fully saturated rings. The number of anilines is 4. The molecule has 0 aliphatic carbocycles. The molecule has 0 spiro atoms. The molecule has 9 nitrogen and oxygen atoms in total. The highest BCUT2D eigenvalue weighted by molar-refractivity contribution is 7.89. The van der Waals surface area contributed by atoms with Crippen molar-refractivity contribution in [3.05, 3.63) is 59.8 Å². The molecule has 2 heterocycles. The van der Waals surface area contributed by atoms with Crippen LogP contribution in [0.25, 0.3) is 0 Å². The second kappa shape index (κ2) is 11.1. The number of nitrogens with zero attached hydrogens (tertiary/aromatic N) is 2. The molecule has 1 aromatic heterocycles. The van der Waals surface area contributed by atoms with Gasteiger partial charge in [-0.1, -0.05) is 34.4 Å². The first-order valence-electron chi connectivity index (χ1n) is 10.8. The Balaban J connectivity index is 1.43. The van der Waals surface area contributed by atoms with Gasteiger partial charge in [-0.05, 0) is 49.2 Å². The smallest absolute Gasteiger partial charge is 0.240 e. The van der Waals surface area contributed by atoms with Crippen molar-refractivity contribution < 1.29 is 8.42 Å². The monoisotopic (exact) mass is 519 g/mol. The molecule has 12 heteroatoms. The number of hydrogen-bond donors (Lipinski definition) is 5. The van der Waals surface area contributed by atoms with Crippen molar-refractivity contribution in [2.24, 2.45) is 0 Å². The quantitative estimate of drug-likeness (QED) is 0.308. The molecule has 4 bridgehead atoms. The van der Waals surface area contributed by atoms with Gasteiger partial charge in [0.25, 0.3) is 0 Å². The topological polar surface area (TPSA) is 132 Å². The van der Waals surface area contributed by atoms with Gasteiger partial charge in [-0.25, -0.2) is 18.1 Å². The normalized spacial score (nSPS) is 16.2. The van der Waals surface area contributed by atoms with Gasteiger partial charge in [0.15, 0.2) is 5.82 Å². The average Bonchev–Trinajstić information content (AvgIpc) is 2.83. The maximum Gasteiger partial charge on any atom is 0.240 e. The van der Waals surface area contributed by atoms with E-state index in [1.165, 1.54) is 12.1 Å². The molecular weight excluding hydrogens is 494 g/mol. The van der Waals surface area contributed by atoms with E-state index >= 15 is 0 Å². The molecule has 0 radical (unpaired) electrons. The third-order valence-electron chi connectivity index (χ3n) is 5.07. The molecule has 5 N–H and O–H groups in total. The van der Waals surface area contributed by atoms with Crippen molar-refractivity contribution >= 4 is 55.5 Å². The van der Waals surface area contributed by atoms with Crippen LogP contribution in [0.4, 0.5) is 23.1 Å². The van der Waals surface area contributed by atoms with Crippen LogP contribution in [-0.4, -0.2) is 43.8 Å². The summed E-state index contributed by atoms with van der Waals surface area (Å²) in [6.07, 6.45) is 3.51. The summed E-state index contributed by atoms with van der Waals surface area (Å²) in [5, 5.41) is 10.1. The Morgan fingerprint density at radius 1 is 1.12 bits per heavy atom. The van der Waals surface area contributed by atoms with Crippen molar-refractivity contribution in [3.63, 3.8) is 0 Å². The lowest BCUT2D eigenvalue weighted by Gasteiger charge is -2.14. The summed E-state index contributed by atoms with van der Waals surface area (Å²) in [4.78, 5) is 10.1. The second-order valence-electron chi connectivity index (χ2n) is 7.62. The minimum absolute atomic E-state index is 0.123. The number of halogens is 1. The lowest BCUT2D eigenvalue weighted by Crippen LogP contribution is -2.29. The Bertz CT molecular complexity index is 1290. The summed E-state index contributed by atoms with van der Waals surface area (Å²) < 4.78 is 35.9. The van der Waals surface area contributed by atoms with Crippen LogP contribution in [0.2, 0.25) is 5.02 Å². The van der Waals surface area contributed by atoms with Gasteiger partial charge in [0.2, 0.25) is 16.0 Å². The number of sulfonamides is 1. The molecule has 3 aromatic rings. The van der Waals surface area contributed by atoms with Crippen LogP contribution >= 0.6 is 11.6 Å². The minimum atomic E-state index is -3.65. The summed E-state index contributed by atoms with van der Waals surface area (Å²) in [5.74, 6) is 1.89. The van der Waals surface area contributed by atoms with Gasteiger partial charge >= 0.3 is 0 Å². The molecule has 0 saturated carbocycles. The minimum Gasteiger partial charge on any atom is -0.379 e. The van der Waals surface area contributed by atoms with Crippen LogP contribution in [0.15, 0.2) is 64.5 Å². The summed E-state index contributed by atoms with van der Waals surface area (Å²) in [5.41, 5.74) is 1.51. The maximum absolute atomic E-state index is 12.5. The predicted molar refractivity (Wildman–Crippen MR) is 138 cm³/mol. The van der Waals surface area contributed by atoms with Crippen molar-refractivity contribution in [1.82, 2.24) is 14.7 Å². The summed E-state index contributed by atoms with van der Waals surface area (Å²) in [6.45, 7) is 1.22. The fourth-order valence-corrected chi connectivity index (χ4v) is 5.93. The molecule has 2 aromatic carbocycles. The van der Waals surface area contributed by atoms with Crippen molar-refractivity contribution in [2.45, 2.75) is 22.6 Å². The average molecular weight is 520 g/mol. The molecule has 0 saturated heterocycles. The van der Waals surface area contributed by atoms with E-state index < -0.39 is 20.7 Å². The van der Waals surface area contributed by atoms with Crippen LogP contribution in [0.3, 0.4) is 0 Å². The van der Waals surface area contributed by atoms with E-state index in [-0.39, 0.29) is 11.4 Å². The zero-order chi connectivity index (χ0) is 24.0. The Labute approximate surface area is 206 Å². The third kappa shape index (κ3) is 6.44. The molecule has 1 aliphatic rings. The van der Waals surface area contributed by atoms with Gasteiger partial charge in [-0.15, -0.1) is 0 Å². The molecule has 1 atom stereocenters. The van der Waals surface area contributed by atoms with Crippen LogP contribution in [-0.2, 0) is 20.7 Å². The highest BCUT2D eigenvalue weighted by atomic mass is 35.5. The molecular formula is C22H26ClN7O2S2. The largest absolute Gasteiger partial charge is 0.379 e. The molecule has 1 unspecified atom stereocenters. The fraction of sp³-hybridized carbons (Fsp3) is 0.273. The van der Waals surface area contributed by atoms with E-state index in [1.807, 2.05) is 24.3 Å². The van der Waals surface area contributed by atoms with E-state index in [2.05, 4.69) is 30.6 Å². The Kier molecular flexibility index (Phi) is 7.99. The SMILES string of the molecule is N=S1CCCCNc2nc(ncc2NCCNS(=O)(=O)c2cccc(Cl)c2)Nc2cccc1c2. The first-order chi connectivity index (χ1) is 16.4. The fourth-order valence-electron chi connectivity index (χ4n) is 3.36. The van der Waals surface area contributed by atoms with E-state index in [0.29, 0.717) is 35.6 Å². The number of hydrogen-bond acceptors (Lipinski definition) is 8. The third-order valence-corrected chi connectivity index (χ3v) is 8.28. The Hall–Kier alpha value is -2.73. The first-order valence-corrected chi connectivity index (χ1v) is 14.1. The maximum atomic E-state index is 12.5. The Morgan fingerprint density at radius 2 is 1.97 bits per heavy atom. The van der Waals surface area contributed by atoms with Gasteiger partial charge < -0.3 is 16.0 Å². The molecule has 180 valence electrons. The number of benzene rings is 2. The molecule has 4 rings (SSSR count). The van der Waals surface area contributed by atoms with Crippen molar-refractivity contribution in [2.75, 3.05) is 41.3 Å². The predicted octanol–water partition coefficient (Wildman–Crippen LogP) is 4.21. The van der Waals surface area contributed by atoms with Gasteiger partial charge in [-0.3, -0.25) is 4.78 Å².